The molecular formula is C22H21FN2O2. The number of carbonyl (C=O) groups is 1. The maximum Gasteiger partial charge on any atom is 0.303 e. The average molecular weight is 364 g/mol. The summed E-state index contributed by atoms with van der Waals surface area (Å²) in [5.41, 5.74) is 2.18. The van der Waals surface area contributed by atoms with Crippen molar-refractivity contribution in [1.82, 2.24) is 4.98 Å². The Morgan fingerprint density at radius 3 is 2.63 bits per heavy atom. The third-order valence-electron chi connectivity index (χ3n) is 5.46. The Kier molecular flexibility index (Phi) is 4.10. The molecule has 1 atom stereocenters. The van der Waals surface area contributed by atoms with Gasteiger partial charge in [-0.1, -0.05) is 26.0 Å². The van der Waals surface area contributed by atoms with E-state index in [2.05, 4.69) is 24.9 Å². The van der Waals surface area contributed by atoms with Crippen LogP contribution in [-0.4, -0.2) is 16.1 Å². The molecule has 0 spiro atoms. The van der Waals surface area contributed by atoms with Crippen LogP contribution >= 0.6 is 0 Å². The highest BCUT2D eigenvalue weighted by Crippen LogP contribution is 2.44. The van der Waals surface area contributed by atoms with Crippen LogP contribution in [0.25, 0.3) is 16.5 Å². The van der Waals surface area contributed by atoms with Crippen LogP contribution in [0.2, 0.25) is 0 Å². The highest BCUT2D eigenvalue weighted by molar-refractivity contribution is 5.81. The van der Waals surface area contributed by atoms with Crippen molar-refractivity contribution in [3.8, 4) is 0 Å². The summed E-state index contributed by atoms with van der Waals surface area (Å²) in [6.07, 6.45) is 2.31. The first-order valence-electron chi connectivity index (χ1n) is 9.10. The van der Waals surface area contributed by atoms with E-state index >= 15 is 0 Å². The van der Waals surface area contributed by atoms with Crippen LogP contribution < -0.4 is 10.6 Å². The van der Waals surface area contributed by atoms with E-state index in [1.165, 1.54) is 12.1 Å². The van der Waals surface area contributed by atoms with E-state index in [4.69, 9.17) is 4.99 Å². The second kappa shape index (κ2) is 6.34. The number of nitrogens with zero attached hydrogens (tertiary/aromatic N) is 1. The predicted molar refractivity (Wildman–Crippen MR) is 102 cm³/mol. The number of carboxylic acids is 1. The SMILES string of the molecule is CC(C)C1(c2ccc(F)cc2)N=c2cc3cc[nH]c3cc2=C1CCC(=O)O. The number of hydrogen-bond donors (Lipinski definition) is 2. The molecule has 2 N–H and O–H groups in total. The third kappa shape index (κ3) is 2.74. The van der Waals surface area contributed by atoms with Gasteiger partial charge in [-0.25, -0.2) is 4.39 Å². The number of H-pyrrole nitrogens is 1. The number of fused-ring (bicyclic) bond motifs is 2. The number of aromatic nitrogens is 1. The van der Waals surface area contributed by atoms with E-state index in [1.54, 1.807) is 12.1 Å². The first-order chi connectivity index (χ1) is 12.9. The van der Waals surface area contributed by atoms with Crippen molar-refractivity contribution in [3.63, 3.8) is 0 Å². The normalized spacial score (nSPS) is 18.7. The van der Waals surface area contributed by atoms with Crippen molar-refractivity contribution >= 4 is 22.4 Å². The molecule has 138 valence electrons. The summed E-state index contributed by atoms with van der Waals surface area (Å²) >= 11 is 0. The molecule has 0 fully saturated rings. The lowest BCUT2D eigenvalue weighted by atomic mass is 9.73. The van der Waals surface area contributed by atoms with Crippen LogP contribution in [0, 0.1) is 11.7 Å². The fourth-order valence-electron chi connectivity index (χ4n) is 4.20. The Balaban J connectivity index is 2.04. The number of aromatic amines is 1. The summed E-state index contributed by atoms with van der Waals surface area (Å²) in [6.45, 7) is 4.15. The molecule has 0 radical (unpaired) electrons. The number of hydrogen-bond acceptors (Lipinski definition) is 2. The quantitative estimate of drug-likeness (QED) is 0.728. The lowest BCUT2D eigenvalue weighted by Gasteiger charge is -2.35. The van der Waals surface area contributed by atoms with Crippen molar-refractivity contribution in [2.24, 2.45) is 10.9 Å². The molecule has 1 aliphatic heterocycles. The topological polar surface area (TPSA) is 65.5 Å². The number of halogens is 1. The molecule has 4 nitrogen and oxygen atoms in total. The summed E-state index contributed by atoms with van der Waals surface area (Å²) in [5, 5.41) is 12.2. The summed E-state index contributed by atoms with van der Waals surface area (Å²) in [4.78, 5) is 19.6. The first-order valence-corrected chi connectivity index (χ1v) is 9.10. The van der Waals surface area contributed by atoms with E-state index in [9.17, 15) is 14.3 Å². The number of rotatable bonds is 5. The van der Waals surface area contributed by atoms with E-state index in [0.29, 0.717) is 6.42 Å². The molecule has 1 unspecified atom stereocenters. The molecule has 5 heteroatoms. The molecule has 0 aliphatic carbocycles. The molecule has 1 aromatic heterocycles. The van der Waals surface area contributed by atoms with Crippen LogP contribution in [0.15, 0.2) is 53.7 Å². The van der Waals surface area contributed by atoms with Gasteiger partial charge in [0.05, 0.1) is 5.36 Å². The predicted octanol–water partition coefficient (Wildman–Crippen LogP) is 3.51. The average Bonchev–Trinajstić information content (AvgIpc) is 3.20. The second-order valence-electron chi connectivity index (χ2n) is 7.35. The van der Waals surface area contributed by atoms with Crippen LogP contribution in [-0.2, 0) is 10.3 Å². The molecular weight excluding hydrogens is 343 g/mol. The number of nitrogens with one attached hydrogen (secondary N) is 1. The van der Waals surface area contributed by atoms with Gasteiger partial charge in [-0.3, -0.25) is 9.79 Å². The highest BCUT2D eigenvalue weighted by atomic mass is 19.1. The lowest BCUT2D eigenvalue weighted by Crippen LogP contribution is -2.32. The Morgan fingerprint density at radius 2 is 1.96 bits per heavy atom. The fourth-order valence-corrected chi connectivity index (χ4v) is 4.20. The van der Waals surface area contributed by atoms with Gasteiger partial charge in [0.15, 0.2) is 0 Å². The van der Waals surface area contributed by atoms with Gasteiger partial charge in [-0.05, 0) is 53.8 Å². The van der Waals surface area contributed by atoms with Crippen molar-refractivity contribution in [2.75, 3.05) is 0 Å². The standard InChI is InChI=1S/C22H21FN2O2/c1-13(2)22(15-3-5-16(23)6-4-15)18(7-8-21(26)27)17-12-19-14(9-10-24-19)11-20(17)25-22/h3-6,9-13,24H,7-8H2,1-2H3,(H,26,27). The van der Waals surface area contributed by atoms with Crippen LogP contribution in [0.5, 0.6) is 0 Å². The fraction of sp³-hybridized carbons (Fsp3) is 0.273. The second-order valence-corrected chi connectivity index (χ2v) is 7.35. The third-order valence-corrected chi connectivity index (χ3v) is 5.46. The van der Waals surface area contributed by atoms with Crippen molar-refractivity contribution in [2.45, 2.75) is 32.2 Å². The van der Waals surface area contributed by atoms with Gasteiger partial charge in [0, 0.05) is 28.7 Å². The number of benzene rings is 2. The molecule has 0 bridgehead atoms. The Labute approximate surface area is 156 Å². The molecule has 0 amide bonds. The van der Waals surface area contributed by atoms with Crippen molar-refractivity contribution in [1.29, 1.82) is 0 Å². The Morgan fingerprint density at radius 1 is 1.22 bits per heavy atom. The van der Waals surface area contributed by atoms with E-state index < -0.39 is 11.5 Å². The highest BCUT2D eigenvalue weighted by Gasteiger charge is 2.42. The van der Waals surface area contributed by atoms with E-state index in [0.717, 1.165) is 32.6 Å². The largest absolute Gasteiger partial charge is 0.481 e. The van der Waals surface area contributed by atoms with Crippen molar-refractivity contribution in [3.05, 3.63) is 70.6 Å². The minimum absolute atomic E-state index is 0.0305. The molecule has 27 heavy (non-hydrogen) atoms. The number of carboxylic acid groups (broad SMARTS) is 1. The van der Waals surface area contributed by atoms with Crippen molar-refractivity contribution < 1.29 is 14.3 Å². The Bertz CT molecular complexity index is 1150. The summed E-state index contributed by atoms with van der Waals surface area (Å²) in [7, 11) is 0. The maximum atomic E-state index is 13.5. The summed E-state index contributed by atoms with van der Waals surface area (Å²) in [6, 6.07) is 12.5. The molecule has 3 aromatic rings. The maximum absolute atomic E-state index is 13.5. The Hall–Kier alpha value is -2.95. The van der Waals surface area contributed by atoms with E-state index in [-0.39, 0.29) is 18.2 Å². The minimum atomic E-state index is -0.839. The molecule has 2 heterocycles. The zero-order valence-electron chi connectivity index (χ0n) is 15.3. The van der Waals surface area contributed by atoms with Gasteiger partial charge < -0.3 is 10.1 Å². The van der Waals surface area contributed by atoms with Crippen LogP contribution in [0.4, 0.5) is 4.39 Å². The van der Waals surface area contributed by atoms with Gasteiger partial charge in [0.1, 0.15) is 11.4 Å². The lowest BCUT2D eigenvalue weighted by molar-refractivity contribution is -0.136. The molecule has 2 aromatic carbocycles. The van der Waals surface area contributed by atoms with Crippen LogP contribution in [0.1, 0.15) is 32.3 Å². The first kappa shape index (κ1) is 17.5. The molecule has 4 rings (SSSR count). The van der Waals surface area contributed by atoms with Gasteiger partial charge in [-0.2, -0.15) is 0 Å². The molecule has 1 aliphatic rings. The molecule has 0 saturated carbocycles. The van der Waals surface area contributed by atoms with Crippen LogP contribution in [0.3, 0.4) is 0 Å². The van der Waals surface area contributed by atoms with Gasteiger partial charge in [0.2, 0.25) is 0 Å². The zero-order valence-corrected chi connectivity index (χ0v) is 15.3. The van der Waals surface area contributed by atoms with Gasteiger partial charge in [-0.15, -0.1) is 0 Å². The number of aliphatic carboxylic acids is 1. The summed E-state index contributed by atoms with van der Waals surface area (Å²) in [5.74, 6) is -1.06. The van der Waals surface area contributed by atoms with Gasteiger partial charge in [0.25, 0.3) is 0 Å². The summed E-state index contributed by atoms with van der Waals surface area (Å²) < 4.78 is 13.5. The molecule has 0 saturated heterocycles. The smallest absolute Gasteiger partial charge is 0.303 e. The minimum Gasteiger partial charge on any atom is -0.481 e. The monoisotopic (exact) mass is 364 g/mol. The van der Waals surface area contributed by atoms with Gasteiger partial charge >= 0.3 is 5.97 Å². The van der Waals surface area contributed by atoms with E-state index in [1.807, 2.05) is 18.3 Å². The zero-order chi connectivity index (χ0) is 19.2.